The summed E-state index contributed by atoms with van der Waals surface area (Å²) in [6, 6.07) is 9.35. The summed E-state index contributed by atoms with van der Waals surface area (Å²) in [7, 11) is 0. The molecule has 0 radical (unpaired) electrons. The van der Waals surface area contributed by atoms with E-state index >= 15 is 0 Å². The highest BCUT2D eigenvalue weighted by Crippen LogP contribution is 2.35. The van der Waals surface area contributed by atoms with E-state index in [1.165, 1.54) is 4.90 Å². The van der Waals surface area contributed by atoms with Crippen LogP contribution in [0.25, 0.3) is 0 Å². The smallest absolute Gasteiger partial charge is 0.408 e. The van der Waals surface area contributed by atoms with E-state index in [1.807, 2.05) is 30.3 Å². The van der Waals surface area contributed by atoms with Crippen molar-refractivity contribution in [3.05, 3.63) is 35.9 Å². The Morgan fingerprint density at radius 2 is 2.10 bits per heavy atom. The number of rotatable bonds is 7. The maximum absolute atomic E-state index is 12.4. The van der Waals surface area contributed by atoms with Crippen LogP contribution in [0.2, 0.25) is 0 Å². The molecule has 0 heterocycles. The first-order chi connectivity index (χ1) is 9.46. The molecule has 0 spiro atoms. The monoisotopic (exact) mass is 394 g/mol. The maximum Gasteiger partial charge on any atom is 0.408 e. The van der Waals surface area contributed by atoms with Crippen LogP contribution < -0.4 is 5.73 Å². The van der Waals surface area contributed by atoms with E-state index in [1.54, 1.807) is 6.92 Å². The summed E-state index contributed by atoms with van der Waals surface area (Å²) in [5, 5.41) is 9.54. The second-order valence-electron chi connectivity index (χ2n) is 4.89. The van der Waals surface area contributed by atoms with E-state index in [9.17, 15) is 14.3 Å². The van der Waals surface area contributed by atoms with Gasteiger partial charge in [0.1, 0.15) is 4.05 Å². The van der Waals surface area contributed by atoms with Crippen LogP contribution in [0.15, 0.2) is 30.3 Å². The summed E-state index contributed by atoms with van der Waals surface area (Å²) < 4.78 is 12.1. The van der Waals surface area contributed by atoms with Crippen LogP contribution in [0.4, 0.5) is 9.18 Å². The van der Waals surface area contributed by atoms with Crippen molar-refractivity contribution < 1.29 is 14.3 Å². The molecule has 6 heteroatoms. The van der Waals surface area contributed by atoms with Gasteiger partial charge in [0.25, 0.3) is 0 Å². The molecule has 1 aromatic carbocycles. The highest BCUT2D eigenvalue weighted by molar-refractivity contribution is 14.1. The summed E-state index contributed by atoms with van der Waals surface area (Å²) in [4.78, 5) is 13.0. The Labute approximate surface area is 132 Å². The lowest BCUT2D eigenvalue weighted by Gasteiger charge is -2.41. The number of nitrogens with zero attached hydrogens (tertiary/aromatic N) is 1. The van der Waals surface area contributed by atoms with Gasteiger partial charge >= 0.3 is 6.09 Å². The van der Waals surface area contributed by atoms with Crippen molar-refractivity contribution in [1.29, 1.82) is 0 Å². The summed E-state index contributed by atoms with van der Waals surface area (Å²) in [6.07, 6.45) is -0.339. The number of amides is 1. The van der Waals surface area contributed by atoms with Gasteiger partial charge in [0, 0.05) is 6.54 Å². The molecule has 1 amide bonds. The molecular weight excluding hydrogens is 374 g/mol. The number of benzene rings is 1. The molecule has 1 aromatic rings. The molecule has 4 nitrogen and oxygen atoms in total. The standard InChI is InChI=1S/C14H20FIN2O2/c1-14(10-17,8-5-9-15)18(13(19)20)12(16)11-6-3-2-4-7-11/h2-4,6-7,12H,5,8-10,17H2,1H3,(H,19,20). The highest BCUT2D eigenvalue weighted by atomic mass is 127. The molecule has 2 unspecified atom stereocenters. The molecule has 1 rings (SSSR count). The lowest BCUT2D eigenvalue weighted by atomic mass is 9.93. The molecule has 0 aliphatic heterocycles. The molecule has 0 saturated heterocycles. The fourth-order valence-corrected chi connectivity index (χ4v) is 3.46. The van der Waals surface area contributed by atoms with Gasteiger partial charge in [-0.1, -0.05) is 52.9 Å². The van der Waals surface area contributed by atoms with E-state index < -0.39 is 18.3 Å². The number of hydrogen-bond acceptors (Lipinski definition) is 2. The van der Waals surface area contributed by atoms with Crippen molar-refractivity contribution in [2.24, 2.45) is 5.73 Å². The van der Waals surface area contributed by atoms with Crippen molar-refractivity contribution in [3.8, 4) is 0 Å². The topological polar surface area (TPSA) is 66.6 Å². The van der Waals surface area contributed by atoms with Gasteiger partial charge in [-0.15, -0.1) is 0 Å². The lowest BCUT2D eigenvalue weighted by molar-refractivity contribution is 0.0760. The fourth-order valence-electron chi connectivity index (χ4n) is 2.13. The molecule has 0 fully saturated rings. The first-order valence-corrected chi connectivity index (χ1v) is 7.68. The molecule has 2 atom stereocenters. The Morgan fingerprint density at radius 1 is 1.50 bits per heavy atom. The minimum absolute atomic E-state index is 0.158. The zero-order chi connectivity index (χ0) is 15.2. The number of carbonyl (C=O) groups is 1. The van der Waals surface area contributed by atoms with Gasteiger partial charge in [0.2, 0.25) is 0 Å². The zero-order valence-corrected chi connectivity index (χ0v) is 13.6. The van der Waals surface area contributed by atoms with Crippen LogP contribution >= 0.6 is 22.6 Å². The van der Waals surface area contributed by atoms with Crippen molar-refractivity contribution in [2.75, 3.05) is 13.2 Å². The molecule has 0 bridgehead atoms. The van der Waals surface area contributed by atoms with Gasteiger partial charge in [0.15, 0.2) is 0 Å². The second-order valence-corrected chi connectivity index (χ2v) is 6.07. The van der Waals surface area contributed by atoms with E-state index in [4.69, 9.17) is 5.73 Å². The van der Waals surface area contributed by atoms with Gasteiger partial charge in [-0.3, -0.25) is 9.29 Å². The Balaban J connectivity index is 3.06. The van der Waals surface area contributed by atoms with Crippen molar-refractivity contribution in [2.45, 2.75) is 29.4 Å². The molecule has 0 aromatic heterocycles. The van der Waals surface area contributed by atoms with E-state index in [0.717, 1.165) is 5.56 Å². The quantitative estimate of drug-likeness (QED) is 0.422. The summed E-state index contributed by atoms with van der Waals surface area (Å²) >= 11 is 2.08. The predicted molar refractivity (Wildman–Crippen MR) is 85.7 cm³/mol. The molecule has 0 aliphatic rings. The summed E-state index contributed by atoms with van der Waals surface area (Å²) in [6.45, 7) is 1.46. The number of alkyl halides is 2. The third-order valence-electron chi connectivity index (χ3n) is 3.38. The van der Waals surface area contributed by atoms with Crippen LogP contribution in [-0.2, 0) is 0 Å². The van der Waals surface area contributed by atoms with Crippen molar-refractivity contribution >= 4 is 28.7 Å². The third-order valence-corrected chi connectivity index (χ3v) is 4.65. The van der Waals surface area contributed by atoms with Crippen LogP contribution in [-0.4, -0.2) is 34.9 Å². The van der Waals surface area contributed by atoms with Gasteiger partial charge in [-0.25, -0.2) is 4.79 Å². The Hall–Kier alpha value is -0.890. The Bertz CT molecular complexity index is 432. The molecule has 0 aliphatic carbocycles. The number of halogens is 2. The Morgan fingerprint density at radius 3 is 2.55 bits per heavy atom. The van der Waals surface area contributed by atoms with Crippen LogP contribution in [0, 0.1) is 0 Å². The molecule has 0 saturated carbocycles. The van der Waals surface area contributed by atoms with Crippen LogP contribution in [0.1, 0.15) is 29.4 Å². The third kappa shape index (κ3) is 4.05. The predicted octanol–water partition coefficient (Wildman–Crippen LogP) is 3.57. The van der Waals surface area contributed by atoms with E-state index in [-0.39, 0.29) is 10.6 Å². The number of carboxylic acid groups (broad SMARTS) is 1. The highest BCUT2D eigenvalue weighted by Gasteiger charge is 2.38. The summed E-state index contributed by atoms with van der Waals surface area (Å²) in [5.41, 5.74) is 5.88. The zero-order valence-electron chi connectivity index (χ0n) is 11.4. The number of nitrogens with two attached hydrogens (primary N) is 1. The summed E-state index contributed by atoms with van der Waals surface area (Å²) in [5.74, 6) is 0. The van der Waals surface area contributed by atoms with Gasteiger partial charge in [-0.05, 0) is 25.3 Å². The normalized spacial score (nSPS) is 15.4. The van der Waals surface area contributed by atoms with E-state index in [0.29, 0.717) is 12.8 Å². The van der Waals surface area contributed by atoms with E-state index in [2.05, 4.69) is 22.6 Å². The van der Waals surface area contributed by atoms with Gasteiger partial charge in [0.05, 0.1) is 12.2 Å². The average Bonchev–Trinajstić information content (AvgIpc) is 2.45. The van der Waals surface area contributed by atoms with Gasteiger partial charge in [-0.2, -0.15) is 0 Å². The van der Waals surface area contributed by atoms with Crippen molar-refractivity contribution in [3.63, 3.8) is 0 Å². The van der Waals surface area contributed by atoms with Gasteiger partial charge < -0.3 is 10.8 Å². The molecular formula is C14H20FIN2O2. The first-order valence-electron chi connectivity index (χ1n) is 6.43. The maximum atomic E-state index is 12.4. The largest absolute Gasteiger partial charge is 0.465 e. The lowest BCUT2D eigenvalue weighted by Crippen LogP contribution is -2.54. The van der Waals surface area contributed by atoms with Crippen LogP contribution in [0.3, 0.4) is 0 Å². The average molecular weight is 394 g/mol. The molecule has 112 valence electrons. The number of hydrogen-bond donors (Lipinski definition) is 2. The Kier molecular flexibility index (Phi) is 6.67. The minimum Gasteiger partial charge on any atom is -0.465 e. The SMILES string of the molecule is CC(CN)(CCCF)N(C(=O)O)C(I)c1ccccc1. The van der Waals surface area contributed by atoms with Crippen LogP contribution in [0.5, 0.6) is 0 Å². The molecule has 3 N–H and O–H groups in total. The second kappa shape index (κ2) is 7.78. The molecule has 20 heavy (non-hydrogen) atoms. The van der Waals surface area contributed by atoms with Crippen molar-refractivity contribution in [1.82, 2.24) is 4.90 Å². The minimum atomic E-state index is -1.04. The fraction of sp³-hybridized carbons (Fsp3) is 0.500. The first kappa shape index (κ1) is 17.2.